The van der Waals surface area contributed by atoms with Gasteiger partial charge in [0.2, 0.25) is 5.91 Å². The van der Waals surface area contributed by atoms with E-state index >= 15 is 0 Å². The van der Waals surface area contributed by atoms with Crippen molar-refractivity contribution >= 4 is 23.2 Å². The number of fused-ring (bicyclic) bond motifs is 7. The smallest absolute Gasteiger partial charge is 0.325 e. The lowest BCUT2D eigenvalue weighted by Gasteiger charge is -2.71. The van der Waals surface area contributed by atoms with Crippen LogP contribution in [-0.2, 0) is 20.9 Å². The molecule has 0 aromatic carbocycles. The number of nitrogens with zero attached hydrogens (tertiary/aromatic N) is 5. The minimum atomic E-state index is -0.928. The lowest BCUT2D eigenvalue weighted by atomic mass is 9.33. The molecule has 8 atom stereocenters. The molecule has 302 valence electrons. The Bertz CT molecular complexity index is 1790. The van der Waals surface area contributed by atoms with Crippen LogP contribution < -0.4 is 0 Å². The van der Waals surface area contributed by atoms with Crippen LogP contribution in [0.1, 0.15) is 131 Å². The average molecular weight is 758 g/mol. The summed E-state index contributed by atoms with van der Waals surface area (Å²) < 4.78 is 1.42. The van der Waals surface area contributed by atoms with Crippen LogP contribution in [-0.4, -0.2) is 91.5 Å². The number of carboxylic acids is 1. The van der Waals surface area contributed by atoms with Crippen molar-refractivity contribution in [3.05, 3.63) is 29.1 Å². The average Bonchev–Trinajstić information content (AvgIpc) is 3.41. The number of hydrogen-bond acceptors (Lipinski definition) is 7. The van der Waals surface area contributed by atoms with Crippen molar-refractivity contribution in [2.45, 2.75) is 138 Å². The van der Waals surface area contributed by atoms with Gasteiger partial charge in [-0.05, 0) is 146 Å². The number of rotatable bonds is 11. The predicted molar refractivity (Wildman–Crippen MR) is 211 cm³/mol. The maximum Gasteiger partial charge on any atom is 0.325 e. The van der Waals surface area contributed by atoms with Crippen molar-refractivity contribution in [2.24, 2.45) is 56.7 Å². The Morgan fingerprint density at radius 1 is 0.945 bits per heavy atom. The van der Waals surface area contributed by atoms with E-state index < -0.39 is 17.5 Å². The minimum Gasteiger partial charge on any atom is -0.480 e. The van der Waals surface area contributed by atoms with Gasteiger partial charge < -0.3 is 15.1 Å². The van der Waals surface area contributed by atoms with Crippen molar-refractivity contribution in [3.63, 3.8) is 0 Å². The lowest BCUT2D eigenvalue weighted by molar-refractivity contribution is -0.200. The van der Waals surface area contributed by atoms with E-state index in [2.05, 4.69) is 69.8 Å². The third kappa shape index (κ3) is 6.12. The topological polar surface area (TPSA) is 129 Å². The Morgan fingerprint density at radius 3 is 2.35 bits per heavy atom. The molecule has 0 spiro atoms. The molecule has 1 aromatic rings. The van der Waals surface area contributed by atoms with Gasteiger partial charge in [0.25, 0.3) is 0 Å². The molecule has 4 saturated carbocycles. The second kappa shape index (κ2) is 13.6. The third-order valence-corrected chi connectivity index (χ3v) is 17.3. The quantitative estimate of drug-likeness (QED) is 0.246. The van der Waals surface area contributed by atoms with Crippen LogP contribution >= 0.6 is 0 Å². The molecule has 0 bridgehead atoms. The number of carboxylic acid groups (broad SMARTS) is 1. The maximum absolute atomic E-state index is 14.3. The van der Waals surface area contributed by atoms with E-state index in [-0.39, 0.29) is 51.7 Å². The van der Waals surface area contributed by atoms with E-state index in [0.717, 1.165) is 102 Å². The highest BCUT2D eigenvalue weighted by molar-refractivity contribution is 6.00. The van der Waals surface area contributed by atoms with Crippen molar-refractivity contribution in [1.29, 1.82) is 0 Å². The Hall–Kier alpha value is -2.85. The molecule has 0 radical (unpaired) electrons. The molecule has 2 heterocycles. The summed E-state index contributed by atoms with van der Waals surface area (Å²) in [6.07, 6.45) is 15.4. The van der Waals surface area contributed by atoms with Crippen LogP contribution in [0.4, 0.5) is 0 Å². The molecule has 5 fully saturated rings. The molecule has 1 unspecified atom stereocenters. The van der Waals surface area contributed by atoms with Crippen molar-refractivity contribution in [3.8, 4) is 0 Å². The van der Waals surface area contributed by atoms with Gasteiger partial charge in [-0.25, -0.2) is 4.68 Å². The van der Waals surface area contributed by atoms with Gasteiger partial charge in [-0.15, -0.1) is 5.10 Å². The number of aliphatic hydroxyl groups is 1. The molecule has 10 heteroatoms. The van der Waals surface area contributed by atoms with E-state index in [0.29, 0.717) is 37.3 Å². The molecule has 6 aliphatic carbocycles. The molecule has 1 aliphatic heterocycles. The Morgan fingerprint density at radius 2 is 1.67 bits per heavy atom. The molecule has 10 nitrogen and oxygen atoms in total. The Labute approximate surface area is 328 Å². The number of aliphatic hydroxyl groups excluding tert-OH is 1. The summed E-state index contributed by atoms with van der Waals surface area (Å²) in [6.45, 7) is 19.9. The number of aromatic nitrogens is 3. The van der Waals surface area contributed by atoms with E-state index in [1.807, 2.05) is 4.90 Å². The highest BCUT2D eigenvalue weighted by atomic mass is 16.4. The molecular formula is C45H67N5O5. The van der Waals surface area contributed by atoms with E-state index in [4.69, 9.17) is 0 Å². The van der Waals surface area contributed by atoms with Crippen molar-refractivity contribution in [2.75, 3.05) is 32.7 Å². The number of likely N-dealkylation sites (tertiary alicyclic amines) is 1. The molecule has 7 aliphatic rings. The van der Waals surface area contributed by atoms with Crippen LogP contribution in [0.5, 0.6) is 0 Å². The zero-order valence-electron chi connectivity index (χ0n) is 34.7. The van der Waals surface area contributed by atoms with Gasteiger partial charge in [0.15, 0.2) is 5.78 Å². The summed E-state index contributed by atoms with van der Waals surface area (Å²) in [4.78, 5) is 43.8. The number of carbonyl (C=O) groups is 3. The van der Waals surface area contributed by atoms with Crippen LogP contribution in [0, 0.1) is 56.7 Å². The number of aliphatic carboxylic acids is 1. The molecule has 1 aromatic heterocycles. The first-order valence-electron chi connectivity index (χ1n) is 21.7. The highest BCUT2D eigenvalue weighted by Crippen LogP contribution is 2.77. The normalized spacial score (nSPS) is 37.6. The first kappa shape index (κ1) is 39.0. The van der Waals surface area contributed by atoms with Crippen molar-refractivity contribution < 1.29 is 24.6 Å². The third-order valence-electron chi connectivity index (χ3n) is 17.3. The van der Waals surface area contributed by atoms with Gasteiger partial charge in [-0.2, -0.15) is 0 Å². The van der Waals surface area contributed by atoms with Gasteiger partial charge in [0, 0.05) is 24.9 Å². The van der Waals surface area contributed by atoms with Crippen LogP contribution in [0.2, 0.25) is 0 Å². The summed E-state index contributed by atoms with van der Waals surface area (Å²) >= 11 is 0. The fraction of sp³-hybridized carbons (Fsp3) is 0.800. The second-order valence-corrected chi connectivity index (χ2v) is 20.8. The van der Waals surface area contributed by atoms with E-state index in [1.165, 1.54) is 15.8 Å². The van der Waals surface area contributed by atoms with Crippen LogP contribution in [0.15, 0.2) is 23.4 Å². The zero-order chi connectivity index (χ0) is 39.3. The largest absolute Gasteiger partial charge is 0.480 e. The van der Waals surface area contributed by atoms with Gasteiger partial charge in [-0.1, -0.05) is 65.3 Å². The van der Waals surface area contributed by atoms with Crippen LogP contribution in [0.3, 0.4) is 0 Å². The number of amides is 1. The van der Waals surface area contributed by atoms with Gasteiger partial charge in [-0.3, -0.25) is 19.3 Å². The summed E-state index contributed by atoms with van der Waals surface area (Å²) in [5, 5.41) is 30.6. The second-order valence-electron chi connectivity index (χ2n) is 20.8. The Kier molecular flexibility index (Phi) is 9.66. The number of hydrogen-bond donors (Lipinski definition) is 2. The molecule has 1 amide bonds. The first-order valence-corrected chi connectivity index (χ1v) is 21.7. The van der Waals surface area contributed by atoms with Gasteiger partial charge in [0.1, 0.15) is 12.2 Å². The standard InChI is InChI=1S/C45H67N5O5/c1-28(2)39-33(51)22-45(36(52)25-49(23-29-10-11-29)37(53)26-48-20-8-9-21-48)19-18-43(6)31(40(39)45)12-13-35-42(5)16-14-30(32-24-50(47-46-32)27-38(54)55)41(3,4)34(42)15-17-44(35,43)7/h14,24,28-29,31,34-36,52H,8-13,15-23,25-27H2,1-7H3,(H,54,55)/t31-,34+,35-,36?,42+,43-,44-,45+/m1/s1. The Balaban J connectivity index is 1.10. The fourth-order valence-corrected chi connectivity index (χ4v) is 14.3. The van der Waals surface area contributed by atoms with Gasteiger partial charge in [0.05, 0.1) is 18.8 Å². The molecule has 2 N–H and O–H groups in total. The molecular weight excluding hydrogens is 691 g/mol. The molecule has 1 saturated heterocycles. The molecule has 55 heavy (non-hydrogen) atoms. The number of Topliss-reactive ketones (excluding diaryl/α,β-unsaturated/α-hetero) is 1. The zero-order valence-corrected chi connectivity index (χ0v) is 34.7. The van der Waals surface area contributed by atoms with Crippen molar-refractivity contribution in [1.82, 2.24) is 24.8 Å². The SMILES string of the molecule is CC(C)C1=C2[C@H]3CC[C@@H]4[C@@]5(C)CC=C(c6cn(CC(=O)O)nn6)C(C)(C)[C@@H]5CC[C@@]4(C)[C@]3(C)CC[C@@]2(C(O)CN(CC2CC2)C(=O)CN2CCCC2)CC1=O. The number of ketones is 1. The summed E-state index contributed by atoms with van der Waals surface area (Å²) in [5.41, 5.74) is 3.54. The van der Waals surface area contributed by atoms with Gasteiger partial charge >= 0.3 is 5.97 Å². The minimum absolute atomic E-state index is 0.0276. The first-order chi connectivity index (χ1) is 25.9. The lowest BCUT2D eigenvalue weighted by Crippen LogP contribution is -2.64. The monoisotopic (exact) mass is 758 g/mol. The van der Waals surface area contributed by atoms with E-state index in [9.17, 15) is 24.6 Å². The summed E-state index contributed by atoms with van der Waals surface area (Å²) in [5.74, 6) is 1.21. The summed E-state index contributed by atoms with van der Waals surface area (Å²) in [6, 6.07) is 0. The van der Waals surface area contributed by atoms with Crippen LogP contribution in [0.25, 0.3) is 5.57 Å². The number of carbonyl (C=O) groups excluding carboxylic acids is 2. The number of allylic oxidation sites excluding steroid dienone is 3. The molecule has 8 rings (SSSR count). The van der Waals surface area contributed by atoms with E-state index in [1.54, 1.807) is 6.20 Å². The fourth-order valence-electron chi connectivity index (χ4n) is 14.3. The predicted octanol–water partition coefficient (Wildman–Crippen LogP) is 7.03. The summed E-state index contributed by atoms with van der Waals surface area (Å²) in [7, 11) is 0. The maximum atomic E-state index is 14.3. The highest BCUT2D eigenvalue weighted by Gasteiger charge is 2.70.